The van der Waals surface area contributed by atoms with E-state index in [0.29, 0.717) is 6.61 Å². The van der Waals surface area contributed by atoms with E-state index in [1.807, 2.05) is 20.8 Å². The highest BCUT2D eigenvalue weighted by Gasteiger charge is 2.50. The number of carbonyl (C=O) groups excluding carboxylic acids is 2. The molecule has 3 atom stereocenters. The molecule has 0 aliphatic carbocycles. The lowest BCUT2D eigenvalue weighted by Crippen LogP contribution is -2.71. The molecular formula is C14H24N2O3. The SMILES string of the molecule is CC(C)C1C(=O)NC(C)(C)C(=O)N1C1CCOC1C. The van der Waals surface area contributed by atoms with Crippen LogP contribution in [-0.2, 0) is 14.3 Å². The van der Waals surface area contributed by atoms with Gasteiger partial charge in [0.1, 0.15) is 11.6 Å². The lowest BCUT2D eigenvalue weighted by Gasteiger charge is -2.47. The van der Waals surface area contributed by atoms with Gasteiger partial charge >= 0.3 is 0 Å². The molecule has 2 rings (SSSR count). The molecule has 2 fully saturated rings. The fourth-order valence-corrected chi connectivity index (χ4v) is 3.08. The van der Waals surface area contributed by atoms with E-state index in [0.717, 1.165) is 6.42 Å². The summed E-state index contributed by atoms with van der Waals surface area (Å²) < 4.78 is 5.57. The number of hydrogen-bond acceptors (Lipinski definition) is 3. The molecule has 0 spiro atoms. The summed E-state index contributed by atoms with van der Waals surface area (Å²) >= 11 is 0. The summed E-state index contributed by atoms with van der Waals surface area (Å²) in [5.74, 6) is 0.0275. The van der Waals surface area contributed by atoms with Crippen molar-refractivity contribution in [3.63, 3.8) is 0 Å². The molecular weight excluding hydrogens is 244 g/mol. The van der Waals surface area contributed by atoms with Crippen LogP contribution >= 0.6 is 0 Å². The maximum absolute atomic E-state index is 12.7. The standard InChI is InChI=1S/C14H24N2O3/c1-8(2)11-12(17)15-14(4,5)13(18)16(11)10-6-7-19-9(10)3/h8-11H,6-7H2,1-5H3,(H,15,17). The van der Waals surface area contributed by atoms with Crippen LogP contribution in [0.2, 0.25) is 0 Å². The van der Waals surface area contributed by atoms with Crippen molar-refractivity contribution >= 4 is 11.8 Å². The monoisotopic (exact) mass is 268 g/mol. The van der Waals surface area contributed by atoms with Gasteiger partial charge < -0.3 is 15.0 Å². The molecule has 1 N–H and O–H groups in total. The van der Waals surface area contributed by atoms with Gasteiger partial charge in [0.15, 0.2) is 0 Å². The Balaban J connectivity index is 2.37. The van der Waals surface area contributed by atoms with Crippen LogP contribution in [0.3, 0.4) is 0 Å². The Morgan fingerprint density at radius 3 is 2.47 bits per heavy atom. The largest absolute Gasteiger partial charge is 0.376 e. The average molecular weight is 268 g/mol. The first-order valence-corrected chi connectivity index (χ1v) is 7.02. The minimum Gasteiger partial charge on any atom is -0.376 e. The Bertz CT molecular complexity index is 392. The fraction of sp³-hybridized carbons (Fsp3) is 0.857. The number of nitrogens with one attached hydrogen (secondary N) is 1. The highest BCUT2D eigenvalue weighted by molar-refractivity contribution is 5.99. The fourth-order valence-electron chi connectivity index (χ4n) is 3.08. The minimum absolute atomic E-state index is 0.00484. The molecule has 0 aromatic heterocycles. The second-order valence-electron chi connectivity index (χ2n) is 6.45. The quantitative estimate of drug-likeness (QED) is 0.810. The first-order valence-electron chi connectivity index (χ1n) is 7.02. The van der Waals surface area contributed by atoms with Gasteiger partial charge in [-0.05, 0) is 33.1 Å². The third-order valence-electron chi connectivity index (χ3n) is 4.10. The molecule has 2 aliphatic heterocycles. The molecule has 0 bridgehead atoms. The van der Waals surface area contributed by atoms with E-state index in [1.165, 1.54) is 0 Å². The van der Waals surface area contributed by atoms with Crippen LogP contribution in [0.5, 0.6) is 0 Å². The summed E-state index contributed by atoms with van der Waals surface area (Å²) in [6.07, 6.45) is 0.798. The Morgan fingerprint density at radius 1 is 1.37 bits per heavy atom. The lowest BCUT2D eigenvalue weighted by atomic mass is 9.89. The molecule has 5 nitrogen and oxygen atoms in total. The highest BCUT2D eigenvalue weighted by atomic mass is 16.5. The topological polar surface area (TPSA) is 58.6 Å². The van der Waals surface area contributed by atoms with E-state index in [9.17, 15) is 9.59 Å². The van der Waals surface area contributed by atoms with Crippen molar-refractivity contribution in [2.24, 2.45) is 5.92 Å². The normalized spacial score (nSPS) is 34.8. The zero-order valence-corrected chi connectivity index (χ0v) is 12.4. The predicted octanol–water partition coefficient (Wildman–Crippen LogP) is 0.925. The smallest absolute Gasteiger partial charge is 0.248 e. The molecule has 3 unspecified atom stereocenters. The molecule has 2 amide bonds. The van der Waals surface area contributed by atoms with E-state index in [2.05, 4.69) is 5.32 Å². The zero-order valence-electron chi connectivity index (χ0n) is 12.4. The Kier molecular flexibility index (Phi) is 3.60. The van der Waals surface area contributed by atoms with Gasteiger partial charge in [0, 0.05) is 6.61 Å². The maximum atomic E-state index is 12.7. The summed E-state index contributed by atoms with van der Waals surface area (Å²) in [7, 11) is 0. The molecule has 2 saturated heterocycles. The average Bonchev–Trinajstić information content (AvgIpc) is 2.68. The minimum atomic E-state index is -0.829. The van der Waals surface area contributed by atoms with Crippen LogP contribution in [0.15, 0.2) is 0 Å². The predicted molar refractivity (Wildman–Crippen MR) is 71.5 cm³/mol. The first-order chi connectivity index (χ1) is 8.75. The molecule has 0 radical (unpaired) electrons. The lowest BCUT2D eigenvalue weighted by molar-refractivity contribution is -0.159. The van der Waals surface area contributed by atoms with Crippen molar-refractivity contribution in [1.82, 2.24) is 10.2 Å². The van der Waals surface area contributed by atoms with Crippen molar-refractivity contribution in [2.75, 3.05) is 6.61 Å². The Hall–Kier alpha value is -1.10. The summed E-state index contributed by atoms with van der Waals surface area (Å²) in [6.45, 7) is 10.1. The third-order valence-corrected chi connectivity index (χ3v) is 4.10. The number of hydrogen-bond donors (Lipinski definition) is 1. The van der Waals surface area contributed by atoms with E-state index in [-0.39, 0.29) is 29.9 Å². The van der Waals surface area contributed by atoms with Crippen molar-refractivity contribution in [1.29, 1.82) is 0 Å². The summed E-state index contributed by atoms with van der Waals surface area (Å²) in [6, 6.07) is -0.389. The van der Waals surface area contributed by atoms with Gasteiger partial charge in [0.25, 0.3) is 0 Å². The number of amides is 2. The van der Waals surface area contributed by atoms with Gasteiger partial charge in [0.2, 0.25) is 11.8 Å². The van der Waals surface area contributed by atoms with Crippen molar-refractivity contribution in [3.8, 4) is 0 Å². The molecule has 0 saturated carbocycles. The molecule has 19 heavy (non-hydrogen) atoms. The van der Waals surface area contributed by atoms with Gasteiger partial charge in [-0.2, -0.15) is 0 Å². The Morgan fingerprint density at radius 2 is 2.00 bits per heavy atom. The van der Waals surface area contributed by atoms with Crippen LogP contribution in [0.1, 0.15) is 41.0 Å². The second-order valence-corrected chi connectivity index (χ2v) is 6.45. The summed E-state index contributed by atoms with van der Waals surface area (Å²) in [5.41, 5.74) is -0.829. The van der Waals surface area contributed by atoms with Gasteiger partial charge in [0.05, 0.1) is 12.1 Å². The Labute approximate surface area is 114 Å². The first kappa shape index (κ1) is 14.3. The van der Waals surface area contributed by atoms with E-state index in [1.54, 1.807) is 18.7 Å². The van der Waals surface area contributed by atoms with Crippen molar-refractivity contribution in [3.05, 3.63) is 0 Å². The molecule has 0 aromatic carbocycles. The second kappa shape index (κ2) is 4.78. The van der Waals surface area contributed by atoms with Crippen molar-refractivity contribution in [2.45, 2.75) is 64.8 Å². The molecule has 0 aromatic rings. The number of rotatable bonds is 2. The van der Waals surface area contributed by atoms with Gasteiger partial charge in [-0.1, -0.05) is 13.8 Å². The molecule has 2 aliphatic rings. The zero-order chi connectivity index (χ0) is 14.4. The number of carbonyl (C=O) groups is 2. The highest BCUT2D eigenvalue weighted by Crippen LogP contribution is 2.30. The molecule has 2 heterocycles. The van der Waals surface area contributed by atoms with Crippen molar-refractivity contribution < 1.29 is 14.3 Å². The van der Waals surface area contributed by atoms with E-state index >= 15 is 0 Å². The van der Waals surface area contributed by atoms with Crippen LogP contribution < -0.4 is 5.32 Å². The number of nitrogens with zero attached hydrogens (tertiary/aromatic N) is 1. The van der Waals surface area contributed by atoms with E-state index in [4.69, 9.17) is 4.74 Å². The molecule has 108 valence electrons. The van der Waals surface area contributed by atoms with Crippen LogP contribution in [-0.4, -0.2) is 47.0 Å². The van der Waals surface area contributed by atoms with Gasteiger partial charge in [-0.15, -0.1) is 0 Å². The third kappa shape index (κ3) is 2.36. The van der Waals surface area contributed by atoms with Crippen LogP contribution in [0, 0.1) is 5.92 Å². The van der Waals surface area contributed by atoms with Crippen LogP contribution in [0.4, 0.5) is 0 Å². The van der Waals surface area contributed by atoms with Gasteiger partial charge in [-0.3, -0.25) is 9.59 Å². The number of piperazine rings is 1. The van der Waals surface area contributed by atoms with E-state index < -0.39 is 11.6 Å². The maximum Gasteiger partial charge on any atom is 0.248 e. The van der Waals surface area contributed by atoms with Gasteiger partial charge in [-0.25, -0.2) is 0 Å². The summed E-state index contributed by atoms with van der Waals surface area (Å²) in [4.78, 5) is 26.8. The van der Waals surface area contributed by atoms with Crippen LogP contribution in [0.25, 0.3) is 0 Å². The number of ether oxygens (including phenoxy) is 1. The summed E-state index contributed by atoms with van der Waals surface area (Å²) in [5, 5.41) is 2.83. The molecule has 5 heteroatoms.